The van der Waals surface area contributed by atoms with E-state index in [0.29, 0.717) is 18.7 Å². The summed E-state index contributed by atoms with van der Waals surface area (Å²) in [6, 6.07) is 6.59. The molecule has 0 atom stereocenters. The Kier molecular flexibility index (Phi) is 3.94. The smallest absolute Gasteiger partial charge is 0.174 e. The highest BCUT2D eigenvalue weighted by molar-refractivity contribution is 5.29. The van der Waals surface area contributed by atoms with Crippen LogP contribution in [0.4, 0.5) is 4.39 Å². The molecule has 0 fully saturated rings. The molecule has 0 amide bonds. The van der Waals surface area contributed by atoms with E-state index in [2.05, 4.69) is 5.16 Å². The summed E-state index contributed by atoms with van der Waals surface area (Å²) in [6.07, 6.45) is 0.651. The minimum atomic E-state index is -0.391. The van der Waals surface area contributed by atoms with Crippen LogP contribution in [-0.2, 0) is 13.0 Å². The Bertz CT molecular complexity index is 525. The molecule has 0 aliphatic carbocycles. The van der Waals surface area contributed by atoms with E-state index in [-0.39, 0.29) is 12.4 Å². The first-order chi connectivity index (χ1) is 8.69. The van der Waals surface area contributed by atoms with Gasteiger partial charge in [0.1, 0.15) is 6.61 Å². The summed E-state index contributed by atoms with van der Waals surface area (Å²) in [5.74, 6) is 0.375. The number of nitrogens with two attached hydrogens (primary N) is 1. The monoisotopic (exact) mass is 250 g/mol. The van der Waals surface area contributed by atoms with Crippen LogP contribution in [0.3, 0.4) is 0 Å². The quantitative estimate of drug-likeness (QED) is 0.883. The Labute approximate surface area is 105 Å². The Hall–Kier alpha value is -1.88. The molecule has 0 aliphatic rings. The van der Waals surface area contributed by atoms with Gasteiger partial charge in [-0.25, -0.2) is 4.39 Å². The predicted molar refractivity (Wildman–Crippen MR) is 64.7 cm³/mol. The van der Waals surface area contributed by atoms with E-state index in [1.807, 2.05) is 6.92 Å². The van der Waals surface area contributed by atoms with Crippen molar-refractivity contribution in [2.75, 3.05) is 6.54 Å². The third-order valence-corrected chi connectivity index (χ3v) is 2.48. The summed E-state index contributed by atoms with van der Waals surface area (Å²) < 4.78 is 24.0. The molecular weight excluding hydrogens is 235 g/mol. The second kappa shape index (κ2) is 5.64. The zero-order valence-electron chi connectivity index (χ0n) is 10.1. The highest BCUT2D eigenvalue weighted by Crippen LogP contribution is 2.20. The minimum absolute atomic E-state index is 0.161. The molecule has 0 spiro atoms. The molecule has 18 heavy (non-hydrogen) atoms. The van der Waals surface area contributed by atoms with Gasteiger partial charge in [-0.3, -0.25) is 0 Å². The molecule has 2 aromatic rings. The fourth-order valence-electron chi connectivity index (χ4n) is 1.62. The number of hydrogen-bond acceptors (Lipinski definition) is 4. The Balaban J connectivity index is 2.01. The molecule has 5 heteroatoms. The van der Waals surface area contributed by atoms with Crippen molar-refractivity contribution < 1.29 is 13.7 Å². The van der Waals surface area contributed by atoms with Gasteiger partial charge in [-0.15, -0.1) is 0 Å². The zero-order valence-corrected chi connectivity index (χ0v) is 10.1. The lowest BCUT2D eigenvalue weighted by atomic mass is 10.1. The maximum Gasteiger partial charge on any atom is 0.174 e. The van der Waals surface area contributed by atoms with Gasteiger partial charge >= 0.3 is 0 Å². The van der Waals surface area contributed by atoms with Crippen LogP contribution in [0.1, 0.15) is 17.0 Å². The van der Waals surface area contributed by atoms with Crippen molar-refractivity contribution in [2.24, 2.45) is 5.73 Å². The van der Waals surface area contributed by atoms with Gasteiger partial charge in [-0.05, 0) is 37.6 Å². The Morgan fingerprint density at radius 1 is 1.39 bits per heavy atom. The van der Waals surface area contributed by atoms with Gasteiger partial charge in [0.05, 0.1) is 5.69 Å². The Morgan fingerprint density at radius 3 is 2.83 bits per heavy atom. The van der Waals surface area contributed by atoms with E-state index < -0.39 is 5.82 Å². The van der Waals surface area contributed by atoms with Crippen LogP contribution in [0.15, 0.2) is 28.8 Å². The molecule has 4 nitrogen and oxygen atoms in total. The van der Waals surface area contributed by atoms with Gasteiger partial charge in [-0.1, -0.05) is 11.2 Å². The molecule has 0 radical (unpaired) electrons. The zero-order chi connectivity index (χ0) is 13.0. The van der Waals surface area contributed by atoms with E-state index >= 15 is 0 Å². The summed E-state index contributed by atoms with van der Waals surface area (Å²) in [7, 11) is 0. The standard InChI is InChI=1S/C13H15FN2O2/c1-9-6-11(18-16-9)8-17-13-3-2-10(4-5-15)7-12(13)14/h2-3,6-7H,4-5,8,15H2,1H3. The van der Waals surface area contributed by atoms with Crippen molar-refractivity contribution in [3.63, 3.8) is 0 Å². The molecule has 2 rings (SSSR count). The number of aryl methyl sites for hydroxylation is 1. The van der Waals surface area contributed by atoms with E-state index in [1.54, 1.807) is 18.2 Å². The molecular formula is C13H15FN2O2. The largest absolute Gasteiger partial charge is 0.482 e. The lowest BCUT2D eigenvalue weighted by Crippen LogP contribution is -2.03. The molecule has 0 bridgehead atoms. The molecule has 96 valence electrons. The van der Waals surface area contributed by atoms with E-state index in [0.717, 1.165) is 11.3 Å². The fraction of sp³-hybridized carbons (Fsp3) is 0.308. The number of benzene rings is 1. The van der Waals surface area contributed by atoms with Crippen LogP contribution in [-0.4, -0.2) is 11.7 Å². The van der Waals surface area contributed by atoms with E-state index in [1.165, 1.54) is 6.07 Å². The van der Waals surface area contributed by atoms with Crippen LogP contribution in [0.5, 0.6) is 5.75 Å². The summed E-state index contributed by atoms with van der Waals surface area (Å²) in [6.45, 7) is 2.47. The molecule has 0 saturated heterocycles. The summed E-state index contributed by atoms with van der Waals surface area (Å²) in [5.41, 5.74) is 7.04. The van der Waals surface area contributed by atoms with Crippen LogP contribution in [0, 0.1) is 12.7 Å². The molecule has 1 heterocycles. The maximum absolute atomic E-state index is 13.7. The van der Waals surface area contributed by atoms with Crippen LogP contribution in [0.25, 0.3) is 0 Å². The SMILES string of the molecule is Cc1cc(COc2ccc(CCN)cc2F)on1. The maximum atomic E-state index is 13.7. The lowest BCUT2D eigenvalue weighted by Gasteiger charge is -2.06. The number of nitrogens with zero attached hydrogens (tertiary/aromatic N) is 1. The average Bonchev–Trinajstić information content (AvgIpc) is 2.74. The van der Waals surface area contributed by atoms with Crippen LogP contribution < -0.4 is 10.5 Å². The lowest BCUT2D eigenvalue weighted by molar-refractivity contribution is 0.240. The van der Waals surface area contributed by atoms with Gasteiger partial charge in [0.2, 0.25) is 0 Å². The third kappa shape index (κ3) is 3.07. The van der Waals surface area contributed by atoms with Gasteiger partial charge < -0.3 is 15.0 Å². The number of ether oxygens (including phenoxy) is 1. The first-order valence-electron chi connectivity index (χ1n) is 5.72. The van der Waals surface area contributed by atoms with Crippen molar-refractivity contribution >= 4 is 0 Å². The molecule has 2 N–H and O–H groups in total. The number of rotatable bonds is 5. The third-order valence-electron chi connectivity index (χ3n) is 2.48. The van der Waals surface area contributed by atoms with Crippen LogP contribution in [0.2, 0.25) is 0 Å². The van der Waals surface area contributed by atoms with Gasteiger partial charge in [-0.2, -0.15) is 0 Å². The van der Waals surface area contributed by atoms with E-state index in [4.69, 9.17) is 15.0 Å². The van der Waals surface area contributed by atoms with Crippen molar-refractivity contribution in [1.29, 1.82) is 0 Å². The van der Waals surface area contributed by atoms with Crippen molar-refractivity contribution in [3.8, 4) is 5.75 Å². The van der Waals surface area contributed by atoms with Gasteiger partial charge in [0.25, 0.3) is 0 Å². The highest BCUT2D eigenvalue weighted by Gasteiger charge is 2.07. The molecule has 1 aromatic carbocycles. The predicted octanol–water partition coefficient (Wildman–Crippen LogP) is 2.20. The first-order valence-corrected chi connectivity index (χ1v) is 5.72. The number of aromatic nitrogens is 1. The van der Waals surface area contributed by atoms with E-state index in [9.17, 15) is 4.39 Å². The minimum Gasteiger partial charge on any atom is -0.482 e. The fourth-order valence-corrected chi connectivity index (χ4v) is 1.62. The number of halogens is 1. The summed E-state index contributed by atoms with van der Waals surface area (Å²) >= 11 is 0. The summed E-state index contributed by atoms with van der Waals surface area (Å²) in [4.78, 5) is 0. The number of hydrogen-bond donors (Lipinski definition) is 1. The molecule has 0 saturated carbocycles. The van der Waals surface area contributed by atoms with Crippen LogP contribution >= 0.6 is 0 Å². The highest BCUT2D eigenvalue weighted by atomic mass is 19.1. The average molecular weight is 250 g/mol. The van der Waals surface area contributed by atoms with Crippen molar-refractivity contribution in [2.45, 2.75) is 20.0 Å². The second-order valence-corrected chi connectivity index (χ2v) is 4.03. The normalized spacial score (nSPS) is 10.6. The first kappa shape index (κ1) is 12.6. The van der Waals surface area contributed by atoms with Crippen molar-refractivity contribution in [1.82, 2.24) is 5.16 Å². The van der Waals surface area contributed by atoms with Crippen molar-refractivity contribution in [3.05, 3.63) is 47.1 Å². The summed E-state index contributed by atoms with van der Waals surface area (Å²) in [5, 5.41) is 3.73. The Morgan fingerprint density at radius 2 is 2.22 bits per heavy atom. The second-order valence-electron chi connectivity index (χ2n) is 4.03. The van der Waals surface area contributed by atoms with Gasteiger partial charge in [0.15, 0.2) is 17.3 Å². The van der Waals surface area contributed by atoms with Gasteiger partial charge in [0, 0.05) is 6.07 Å². The molecule has 1 aromatic heterocycles. The molecule has 0 unspecified atom stereocenters. The topological polar surface area (TPSA) is 61.3 Å². The molecule has 0 aliphatic heterocycles.